The highest BCUT2D eigenvalue weighted by atomic mass is 19.1. The summed E-state index contributed by atoms with van der Waals surface area (Å²) in [4.78, 5) is 12.8. The largest absolute Gasteiger partial charge is 0.504 e. The van der Waals surface area contributed by atoms with Gasteiger partial charge in [0.1, 0.15) is 11.3 Å². The van der Waals surface area contributed by atoms with Gasteiger partial charge in [-0.2, -0.15) is 0 Å². The van der Waals surface area contributed by atoms with Crippen LogP contribution in [0.25, 0.3) is 22.2 Å². The van der Waals surface area contributed by atoms with Gasteiger partial charge in [-0.1, -0.05) is 12.1 Å². The molecule has 3 heterocycles. The number of halogens is 1. The van der Waals surface area contributed by atoms with Crippen molar-refractivity contribution in [2.45, 2.75) is 6.42 Å². The molecule has 8 heteroatoms. The number of fused-ring (bicyclic) bond motifs is 1. The van der Waals surface area contributed by atoms with E-state index in [2.05, 4.69) is 15.0 Å². The molecular weight excluding hydrogens is 385 g/mol. The van der Waals surface area contributed by atoms with Crippen molar-refractivity contribution in [3.63, 3.8) is 0 Å². The Labute approximate surface area is 170 Å². The molecule has 0 aliphatic rings. The molecule has 4 N–H and O–H groups in total. The zero-order chi connectivity index (χ0) is 21.1. The van der Waals surface area contributed by atoms with E-state index in [0.717, 1.165) is 5.56 Å². The Morgan fingerprint density at radius 1 is 1.10 bits per heavy atom. The first-order valence-electron chi connectivity index (χ1n) is 9.03. The van der Waals surface area contributed by atoms with Crippen LogP contribution in [0, 0.1) is 11.2 Å². The van der Waals surface area contributed by atoms with E-state index in [1.54, 1.807) is 48.9 Å². The molecule has 7 nitrogen and oxygen atoms in total. The molecule has 4 aromatic rings. The average Bonchev–Trinajstić information content (AvgIpc) is 2.76. The van der Waals surface area contributed by atoms with Gasteiger partial charge in [0.05, 0.1) is 12.1 Å². The minimum Gasteiger partial charge on any atom is -0.504 e. The van der Waals surface area contributed by atoms with Gasteiger partial charge in [-0.3, -0.25) is 15.4 Å². The maximum absolute atomic E-state index is 13.1. The van der Waals surface area contributed by atoms with Crippen LogP contribution in [0.3, 0.4) is 0 Å². The number of aromatic hydroxyl groups is 1. The summed E-state index contributed by atoms with van der Waals surface area (Å²) in [5.41, 5.74) is 2.11. The Bertz CT molecular complexity index is 1240. The monoisotopic (exact) mass is 402 g/mol. The minimum atomic E-state index is -0.426. The molecule has 0 radical (unpaired) electrons. The van der Waals surface area contributed by atoms with Crippen molar-refractivity contribution in [1.82, 2.24) is 15.0 Å². The van der Waals surface area contributed by atoms with Gasteiger partial charge >= 0.3 is 5.90 Å². The number of hydrogen-bond donors (Lipinski definition) is 3. The highest BCUT2D eigenvalue weighted by molar-refractivity contribution is 6.06. The summed E-state index contributed by atoms with van der Waals surface area (Å²) in [5.74, 6) is -1.05. The van der Waals surface area contributed by atoms with E-state index in [-0.39, 0.29) is 35.1 Å². The number of aromatic nitrogens is 3. The summed E-state index contributed by atoms with van der Waals surface area (Å²) < 4.78 is 18.5. The van der Waals surface area contributed by atoms with Gasteiger partial charge in [-0.15, -0.1) is 0 Å². The maximum Gasteiger partial charge on any atom is 0.344 e. The van der Waals surface area contributed by atoms with Gasteiger partial charge in [0.2, 0.25) is 5.90 Å². The molecule has 0 atom stereocenters. The van der Waals surface area contributed by atoms with Crippen LogP contribution in [-0.2, 0) is 11.2 Å². The van der Waals surface area contributed by atoms with Crippen molar-refractivity contribution in [2.75, 3.05) is 0 Å². The van der Waals surface area contributed by atoms with Gasteiger partial charge in [0.15, 0.2) is 11.4 Å². The second-order valence-electron chi connectivity index (χ2n) is 6.50. The van der Waals surface area contributed by atoms with E-state index in [9.17, 15) is 9.50 Å². The van der Waals surface area contributed by atoms with E-state index < -0.39 is 5.90 Å². The molecule has 0 fully saturated rings. The number of benzene rings is 1. The molecule has 30 heavy (non-hydrogen) atoms. The fourth-order valence-corrected chi connectivity index (χ4v) is 3.02. The third kappa shape index (κ3) is 3.83. The lowest BCUT2D eigenvalue weighted by Gasteiger charge is -2.12. The fourth-order valence-electron chi connectivity index (χ4n) is 3.02. The number of pyridine rings is 3. The molecular formula is C22H17FN5O2+. The van der Waals surface area contributed by atoms with E-state index >= 15 is 0 Å². The molecule has 0 saturated carbocycles. The third-order valence-corrected chi connectivity index (χ3v) is 4.41. The number of rotatable bonds is 4. The Hall–Kier alpha value is -4.20. The summed E-state index contributed by atoms with van der Waals surface area (Å²) in [5, 5.41) is 25.5. The maximum atomic E-state index is 13.1. The van der Waals surface area contributed by atoms with Crippen molar-refractivity contribution in [3.05, 3.63) is 84.2 Å². The van der Waals surface area contributed by atoms with Crippen molar-refractivity contribution in [1.29, 1.82) is 5.41 Å². The minimum absolute atomic E-state index is 0.0110. The van der Waals surface area contributed by atoms with E-state index in [4.69, 9.17) is 15.6 Å². The number of ether oxygens (including phenoxy) is 1. The fraction of sp³-hybridized carbons (Fsp3) is 0.0455. The second-order valence-corrected chi connectivity index (χ2v) is 6.50. The number of nitrogens with zero attached hydrogens (tertiary/aromatic N) is 3. The first-order chi connectivity index (χ1) is 14.5. The highest BCUT2D eigenvalue weighted by Crippen LogP contribution is 2.33. The van der Waals surface area contributed by atoms with Gasteiger partial charge in [-0.25, -0.2) is 14.8 Å². The van der Waals surface area contributed by atoms with Crippen LogP contribution in [0.15, 0.2) is 67.1 Å². The van der Waals surface area contributed by atoms with Crippen molar-refractivity contribution < 1.29 is 19.6 Å². The van der Waals surface area contributed by atoms with Gasteiger partial charge < -0.3 is 9.84 Å². The Balaban J connectivity index is 1.68. The summed E-state index contributed by atoms with van der Waals surface area (Å²) in [6, 6.07) is 12.9. The Kier molecular flexibility index (Phi) is 5.13. The van der Waals surface area contributed by atoms with Crippen LogP contribution >= 0.6 is 0 Å². The van der Waals surface area contributed by atoms with Crippen LogP contribution in [0.5, 0.6) is 5.75 Å². The molecule has 0 unspecified atom stereocenters. The molecule has 3 aromatic heterocycles. The topological polar surface area (TPSA) is 118 Å². The van der Waals surface area contributed by atoms with Crippen LogP contribution < -0.4 is 5.41 Å². The van der Waals surface area contributed by atoms with Gasteiger partial charge in [0.25, 0.3) is 0 Å². The van der Waals surface area contributed by atoms with Gasteiger partial charge in [0, 0.05) is 29.5 Å². The zero-order valence-electron chi connectivity index (χ0n) is 15.7. The predicted molar refractivity (Wildman–Crippen MR) is 109 cm³/mol. The average molecular weight is 402 g/mol. The van der Waals surface area contributed by atoms with Crippen molar-refractivity contribution in [2.24, 2.45) is 0 Å². The van der Waals surface area contributed by atoms with Crippen LogP contribution in [0.4, 0.5) is 4.39 Å². The molecule has 148 valence electrons. The normalized spacial score (nSPS) is 10.7. The van der Waals surface area contributed by atoms with E-state index in [1.807, 2.05) is 6.07 Å². The lowest BCUT2D eigenvalue weighted by Crippen LogP contribution is -2.44. The zero-order valence-corrected chi connectivity index (χ0v) is 15.7. The molecule has 0 saturated heterocycles. The van der Waals surface area contributed by atoms with E-state index in [0.29, 0.717) is 16.6 Å². The first kappa shape index (κ1) is 19.1. The molecule has 0 aliphatic carbocycles. The molecule has 0 aliphatic heterocycles. The standard InChI is InChI=1S/C22H16FN5O2/c23-15-7-5-13(6-8-15)11-17(24)30-22(25)20-21(29)19-16(4-2-10-27-19)18(28-20)14-3-1-9-26-12-14/h1-10,12,24-25,29H,11H2/p+1. The lowest BCUT2D eigenvalue weighted by atomic mass is 10.1. The molecule has 1 aromatic carbocycles. The molecule has 4 rings (SSSR count). The Morgan fingerprint density at radius 2 is 1.87 bits per heavy atom. The Morgan fingerprint density at radius 3 is 2.60 bits per heavy atom. The van der Waals surface area contributed by atoms with Crippen molar-refractivity contribution in [3.8, 4) is 17.0 Å². The van der Waals surface area contributed by atoms with Crippen LogP contribution in [0.1, 0.15) is 11.3 Å². The smallest absolute Gasteiger partial charge is 0.344 e. The highest BCUT2D eigenvalue weighted by Gasteiger charge is 2.22. The lowest BCUT2D eigenvalue weighted by molar-refractivity contribution is -0.134. The summed E-state index contributed by atoms with van der Waals surface area (Å²) in [6.45, 7) is 0. The number of nitrogens with two attached hydrogens (primary N) is 1. The third-order valence-electron chi connectivity index (χ3n) is 4.41. The van der Waals surface area contributed by atoms with E-state index in [1.165, 1.54) is 12.1 Å². The quantitative estimate of drug-likeness (QED) is 0.358. The van der Waals surface area contributed by atoms with Crippen molar-refractivity contribution >= 4 is 22.7 Å². The second kappa shape index (κ2) is 8.04. The predicted octanol–water partition coefficient (Wildman–Crippen LogP) is 2.28. The van der Waals surface area contributed by atoms with Crippen LogP contribution in [-0.4, -0.2) is 31.9 Å². The molecule has 0 spiro atoms. The van der Waals surface area contributed by atoms with Gasteiger partial charge in [-0.05, 0) is 42.0 Å². The molecule has 0 bridgehead atoms. The number of nitrogens with one attached hydrogen (secondary N) is 1. The summed E-state index contributed by atoms with van der Waals surface area (Å²) in [7, 11) is 0. The number of hydrogen-bond acceptors (Lipinski definition) is 6. The first-order valence-corrected chi connectivity index (χ1v) is 9.03. The summed E-state index contributed by atoms with van der Waals surface area (Å²) in [6.07, 6.45) is 4.99. The summed E-state index contributed by atoms with van der Waals surface area (Å²) >= 11 is 0. The van der Waals surface area contributed by atoms with Crippen LogP contribution in [0.2, 0.25) is 0 Å². The molecule has 0 amide bonds. The SMILES string of the molecule is N=C(OC(=[NH2+])Cc1ccc(F)cc1)c1nc(-c2cccnc2)c2cccnc2c1O.